The molecule has 0 saturated heterocycles. The number of aromatic hydroxyl groups is 1. The van der Waals surface area contributed by atoms with Crippen LogP contribution >= 0.6 is 15.9 Å². The number of benzene rings is 2. The van der Waals surface area contributed by atoms with Crippen molar-refractivity contribution < 1.29 is 14.6 Å². The van der Waals surface area contributed by atoms with Crippen LogP contribution in [-0.2, 0) is 4.79 Å². The second-order valence-electron chi connectivity index (χ2n) is 5.54. The van der Waals surface area contributed by atoms with Gasteiger partial charge in [0.15, 0.2) is 6.61 Å². The zero-order valence-electron chi connectivity index (χ0n) is 13.8. The fourth-order valence-corrected chi connectivity index (χ4v) is 2.98. The van der Waals surface area contributed by atoms with Gasteiger partial charge in [0.25, 0.3) is 5.91 Å². The van der Waals surface area contributed by atoms with E-state index in [2.05, 4.69) is 26.5 Å². The molecule has 0 unspecified atom stereocenters. The Bertz CT molecular complexity index is 765. The van der Waals surface area contributed by atoms with E-state index in [1.54, 1.807) is 12.1 Å². The van der Waals surface area contributed by atoms with Crippen molar-refractivity contribution in [2.75, 3.05) is 6.61 Å². The number of hydrogen-bond acceptors (Lipinski definition) is 4. The van der Waals surface area contributed by atoms with Crippen LogP contribution in [0.3, 0.4) is 0 Å². The van der Waals surface area contributed by atoms with Gasteiger partial charge in [-0.1, -0.05) is 12.1 Å². The summed E-state index contributed by atoms with van der Waals surface area (Å²) in [7, 11) is 0. The monoisotopic (exact) mass is 390 g/mol. The van der Waals surface area contributed by atoms with Gasteiger partial charge in [-0.2, -0.15) is 5.10 Å². The van der Waals surface area contributed by atoms with Gasteiger partial charge in [-0.25, -0.2) is 5.43 Å². The van der Waals surface area contributed by atoms with Gasteiger partial charge in [0.2, 0.25) is 0 Å². The molecular formula is C18H19BrN2O3. The fourth-order valence-electron chi connectivity index (χ4n) is 2.19. The zero-order valence-corrected chi connectivity index (χ0v) is 15.3. The number of carbonyl (C=O) groups is 1. The topological polar surface area (TPSA) is 70.9 Å². The van der Waals surface area contributed by atoms with Crippen molar-refractivity contribution in [3.63, 3.8) is 0 Å². The minimum Gasteiger partial charge on any atom is -0.507 e. The van der Waals surface area contributed by atoms with Gasteiger partial charge < -0.3 is 9.84 Å². The summed E-state index contributed by atoms with van der Waals surface area (Å²) in [6.07, 6.45) is 1.39. The smallest absolute Gasteiger partial charge is 0.277 e. The summed E-state index contributed by atoms with van der Waals surface area (Å²) in [5.74, 6) is 0.365. The van der Waals surface area contributed by atoms with Crippen molar-refractivity contribution in [1.29, 1.82) is 0 Å². The predicted octanol–water partition coefficient (Wildman–Crippen LogP) is 3.61. The Hall–Kier alpha value is -2.34. The van der Waals surface area contributed by atoms with Gasteiger partial charge in [0, 0.05) is 5.56 Å². The van der Waals surface area contributed by atoms with Crippen LogP contribution in [0.15, 0.2) is 39.9 Å². The van der Waals surface area contributed by atoms with Crippen molar-refractivity contribution >= 4 is 28.1 Å². The van der Waals surface area contributed by atoms with E-state index in [0.717, 1.165) is 21.2 Å². The number of halogens is 1. The number of aryl methyl sites for hydroxylation is 3. The first-order chi connectivity index (χ1) is 11.4. The molecule has 0 bridgehead atoms. The Morgan fingerprint density at radius 3 is 2.67 bits per heavy atom. The second kappa shape index (κ2) is 7.97. The third-order valence-corrected chi connectivity index (χ3v) is 3.89. The number of ether oxygens (including phenoxy) is 1. The molecular weight excluding hydrogens is 372 g/mol. The normalized spacial score (nSPS) is 10.8. The van der Waals surface area contributed by atoms with Gasteiger partial charge in [0.05, 0.1) is 10.7 Å². The van der Waals surface area contributed by atoms with E-state index >= 15 is 0 Å². The molecule has 2 N–H and O–H groups in total. The summed E-state index contributed by atoms with van der Waals surface area (Å²) in [5.41, 5.74) is 5.90. The van der Waals surface area contributed by atoms with E-state index in [4.69, 9.17) is 4.74 Å². The molecule has 0 spiro atoms. The summed E-state index contributed by atoms with van der Waals surface area (Å²) in [6.45, 7) is 5.64. The van der Waals surface area contributed by atoms with Gasteiger partial charge in [0.1, 0.15) is 11.5 Å². The number of nitrogens with zero attached hydrogens (tertiary/aromatic N) is 1. The predicted molar refractivity (Wildman–Crippen MR) is 97.7 cm³/mol. The molecule has 0 fully saturated rings. The van der Waals surface area contributed by atoms with Crippen molar-refractivity contribution in [3.05, 3.63) is 57.1 Å². The molecule has 2 aromatic carbocycles. The molecule has 5 nitrogen and oxygen atoms in total. The SMILES string of the molecule is Cc1ccc(/C=N/NC(=O)COc2c(C)cc(C)cc2Br)c(O)c1. The number of phenolic OH excluding ortho intramolecular Hbond substituents is 1. The van der Waals surface area contributed by atoms with Crippen LogP contribution in [-0.4, -0.2) is 23.8 Å². The molecule has 24 heavy (non-hydrogen) atoms. The summed E-state index contributed by atoms with van der Waals surface area (Å²) < 4.78 is 6.35. The van der Waals surface area contributed by atoms with E-state index in [1.165, 1.54) is 6.21 Å². The highest BCUT2D eigenvalue weighted by atomic mass is 79.9. The van der Waals surface area contributed by atoms with E-state index in [-0.39, 0.29) is 18.3 Å². The maximum absolute atomic E-state index is 11.8. The number of carbonyl (C=O) groups excluding carboxylic acids is 1. The molecule has 0 aliphatic rings. The lowest BCUT2D eigenvalue weighted by Gasteiger charge is -2.11. The summed E-state index contributed by atoms with van der Waals surface area (Å²) >= 11 is 3.43. The van der Waals surface area contributed by atoms with Crippen LogP contribution in [0, 0.1) is 20.8 Å². The van der Waals surface area contributed by atoms with Gasteiger partial charge in [-0.05, 0) is 71.6 Å². The number of nitrogens with one attached hydrogen (secondary N) is 1. The first kappa shape index (κ1) is 18.0. The number of amides is 1. The van der Waals surface area contributed by atoms with Crippen LogP contribution in [0.4, 0.5) is 0 Å². The lowest BCUT2D eigenvalue weighted by atomic mass is 10.1. The van der Waals surface area contributed by atoms with Crippen LogP contribution in [0.1, 0.15) is 22.3 Å². The average Bonchev–Trinajstić information content (AvgIpc) is 2.48. The van der Waals surface area contributed by atoms with E-state index in [1.807, 2.05) is 39.0 Å². The Morgan fingerprint density at radius 2 is 2.00 bits per heavy atom. The third kappa shape index (κ3) is 4.83. The highest BCUT2D eigenvalue weighted by molar-refractivity contribution is 9.10. The Balaban J connectivity index is 1.91. The number of hydrogen-bond donors (Lipinski definition) is 2. The molecule has 0 atom stereocenters. The first-order valence-corrected chi connectivity index (χ1v) is 8.17. The molecule has 1 amide bonds. The number of hydrazone groups is 1. The molecule has 6 heteroatoms. The molecule has 0 aromatic heterocycles. The first-order valence-electron chi connectivity index (χ1n) is 7.38. The molecule has 2 aromatic rings. The second-order valence-corrected chi connectivity index (χ2v) is 6.39. The van der Waals surface area contributed by atoms with Gasteiger partial charge in [-0.3, -0.25) is 4.79 Å². The third-order valence-electron chi connectivity index (χ3n) is 3.30. The van der Waals surface area contributed by atoms with E-state index in [9.17, 15) is 9.90 Å². The molecule has 0 aliphatic carbocycles. The van der Waals surface area contributed by atoms with Crippen molar-refractivity contribution in [1.82, 2.24) is 5.43 Å². The van der Waals surface area contributed by atoms with Gasteiger partial charge >= 0.3 is 0 Å². The maximum Gasteiger partial charge on any atom is 0.277 e. The number of phenols is 1. The number of rotatable bonds is 5. The molecule has 2 rings (SSSR count). The van der Waals surface area contributed by atoms with Crippen LogP contribution in [0.25, 0.3) is 0 Å². The van der Waals surface area contributed by atoms with E-state index < -0.39 is 0 Å². The largest absolute Gasteiger partial charge is 0.507 e. The molecule has 126 valence electrons. The molecule has 0 radical (unpaired) electrons. The lowest BCUT2D eigenvalue weighted by molar-refractivity contribution is -0.123. The molecule has 0 aliphatic heterocycles. The zero-order chi connectivity index (χ0) is 17.7. The minimum atomic E-state index is -0.385. The highest BCUT2D eigenvalue weighted by Crippen LogP contribution is 2.30. The van der Waals surface area contributed by atoms with Crippen LogP contribution in [0.5, 0.6) is 11.5 Å². The van der Waals surface area contributed by atoms with Crippen molar-refractivity contribution in [2.45, 2.75) is 20.8 Å². The standard InChI is InChI=1S/C18H19BrN2O3/c1-11-4-5-14(16(22)8-11)9-20-21-17(23)10-24-18-13(3)6-12(2)7-15(18)19/h4-9,22H,10H2,1-3H3,(H,21,23)/b20-9+. The van der Waals surface area contributed by atoms with Gasteiger partial charge in [-0.15, -0.1) is 0 Å². The maximum atomic E-state index is 11.8. The Labute approximate surface area is 149 Å². The fraction of sp³-hybridized carbons (Fsp3) is 0.222. The van der Waals surface area contributed by atoms with Crippen molar-refractivity contribution in [3.8, 4) is 11.5 Å². The summed E-state index contributed by atoms with van der Waals surface area (Å²) in [6, 6.07) is 9.12. The molecule has 0 saturated carbocycles. The van der Waals surface area contributed by atoms with Crippen LogP contribution in [0.2, 0.25) is 0 Å². The van der Waals surface area contributed by atoms with Crippen molar-refractivity contribution in [2.24, 2.45) is 5.10 Å². The average molecular weight is 391 g/mol. The highest BCUT2D eigenvalue weighted by Gasteiger charge is 2.09. The quantitative estimate of drug-likeness (QED) is 0.604. The molecule has 0 heterocycles. The summed E-state index contributed by atoms with van der Waals surface area (Å²) in [4.78, 5) is 11.8. The minimum absolute atomic E-state index is 0.114. The summed E-state index contributed by atoms with van der Waals surface area (Å²) in [5, 5.41) is 13.6. The Kier molecular flexibility index (Phi) is 5.98. The van der Waals surface area contributed by atoms with E-state index in [0.29, 0.717) is 11.3 Å². The lowest BCUT2D eigenvalue weighted by Crippen LogP contribution is -2.24. The van der Waals surface area contributed by atoms with Crippen LogP contribution < -0.4 is 10.2 Å². The Morgan fingerprint density at radius 1 is 1.25 bits per heavy atom.